The minimum absolute atomic E-state index is 0.00599. The molecular formula is C61H117NO5. The van der Waals surface area contributed by atoms with Gasteiger partial charge >= 0.3 is 5.97 Å². The van der Waals surface area contributed by atoms with Crippen molar-refractivity contribution in [3.63, 3.8) is 0 Å². The largest absolute Gasteiger partial charge is 0.466 e. The highest BCUT2D eigenvalue weighted by Gasteiger charge is 2.20. The summed E-state index contributed by atoms with van der Waals surface area (Å²) in [5, 5.41) is 23.2. The van der Waals surface area contributed by atoms with Crippen molar-refractivity contribution in [2.75, 3.05) is 13.2 Å². The van der Waals surface area contributed by atoms with Crippen LogP contribution >= 0.6 is 0 Å². The lowest BCUT2D eigenvalue weighted by Gasteiger charge is -2.22. The van der Waals surface area contributed by atoms with Crippen LogP contribution in [0.15, 0.2) is 24.3 Å². The van der Waals surface area contributed by atoms with Gasteiger partial charge in [-0.3, -0.25) is 9.59 Å². The zero-order chi connectivity index (χ0) is 48.6. The fourth-order valence-electron chi connectivity index (χ4n) is 9.34. The number of allylic oxidation sites excluding steroid dienone is 4. The molecule has 2 atom stereocenters. The van der Waals surface area contributed by atoms with Crippen LogP contribution in [-0.2, 0) is 14.3 Å². The molecule has 0 saturated carbocycles. The van der Waals surface area contributed by atoms with Crippen LogP contribution in [0.3, 0.4) is 0 Å². The molecule has 3 N–H and O–H groups in total. The first-order valence-electron chi connectivity index (χ1n) is 30.1. The lowest BCUT2D eigenvalue weighted by atomic mass is 10.0. The van der Waals surface area contributed by atoms with Gasteiger partial charge in [0.1, 0.15) is 0 Å². The normalized spacial score (nSPS) is 12.7. The molecule has 1 amide bonds. The molecule has 0 rings (SSSR count). The third-order valence-electron chi connectivity index (χ3n) is 14.0. The van der Waals surface area contributed by atoms with E-state index in [1.54, 1.807) is 0 Å². The van der Waals surface area contributed by atoms with Gasteiger partial charge in [-0.25, -0.2) is 0 Å². The Labute approximate surface area is 418 Å². The Balaban J connectivity index is 3.39. The maximum Gasteiger partial charge on any atom is 0.305 e. The van der Waals surface area contributed by atoms with E-state index in [4.69, 9.17) is 4.74 Å². The maximum absolute atomic E-state index is 12.4. The van der Waals surface area contributed by atoms with Crippen molar-refractivity contribution < 1.29 is 24.5 Å². The number of carbonyl (C=O) groups is 2. The summed E-state index contributed by atoms with van der Waals surface area (Å²) in [6, 6.07) is -0.546. The van der Waals surface area contributed by atoms with Crippen molar-refractivity contribution in [2.24, 2.45) is 0 Å². The van der Waals surface area contributed by atoms with Crippen LogP contribution in [0.25, 0.3) is 0 Å². The minimum Gasteiger partial charge on any atom is -0.466 e. The predicted molar refractivity (Wildman–Crippen MR) is 292 cm³/mol. The SMILES string of the molecule is CCCCCCCC/C=C\CCCCCCCCCCCC(=O)OCCCCCCCCCCC/C=C\CCCCCCCCCC(=O)NC(CO)C(O)CCCCCCCCCCCCC. The molecule has 0 aromatic heterocycles. The van der Waals surface area contributed by atoms with Crippen LogP contribution in [0.4, 0.5) is 0 Å². The zero-order valence-electron chi connectivity index (χ0n) is 45.1. The lowest BCUT2D eigenvalue weighted by Crippen LogP contribution is -2.45. The molecule has 0 aliphatic heterocycles. The summed E-state index contributed by atoms with van der Waals surface area (Å²) in [5.74, 6) is -0.0380. The second-order valence-electron chi connectivity index (χ2n) is 20.7. The number of aliphatic hydroxyl groups is 2. The highest BCUT2D eigenvalue weighted by Crippen LogP contribution is 2.17. The highest BCUT2D eigenvalue weighted by atomic mass is 16.5. The number of hydrogen-bond acceptors (Lipinski definition) is 5. The number of hydrogen-bond donors (Lipinski definition) is 3. The molecule has 0 saturated heterocycles. The van der Waals surface area contributed by atoms with Crippen molar-refractivity contribution >= 4 is 11.9 Å². The molecule has 0 spiro atoms. The van der Waals surface area contributed by atoms with Gasteiger partial charge in [-0.1, -0.05) is 263 Å². The van der Waals surface area contributed by atoms with Gasteiger partial charge in [0, 0.05) is 12.8 Å². The quantitative estimate of drug-likeness (QED) is 0.0321. The van der Waals surface area contributed by atoms with Crippen molar-refractivity contribution in [3.05, 3.63) is 24.3 Å². The van der Waals surface area contributed by atoms with Gasteiger partial charge in [0.2, 0.25) is 5.91 Å². The topological polar surface area (TPSA) is 95.9 Å². The number of carbonyl (C=O) groups excluding carboxylic acids is 2. The van der Waals surface area contributed by atoms with Gasteiger partial charge in [-0.05, 0) is 77.0 Å². The maximum atomic E-state index is 12.4. The zero-order valence-corrected chi connectivity index (χ0v) is 45.1. The van der Waals surface area contributed by atoms with Crippen LogP contribution in [0.1, 0.15) is 328 Å². The fourth-order valence-corrected chi connectivity index (χ4v) is 9.34. The average molecular weight is 945 g/mol. The second-order valence-corrected chi connectivity index (χ2v) is 20.7. The van der Waals surface area contributed by atoms with Crippen LogP contribution in [0.2, 0.25) is 0 Å². The summed E-state index contributed by atoms with van der Waals surface area (Å²) in [5.41, 5.74) is 0. The Bertz CT molecular complexity index is 1040. The van der Waals surface area contributed by atoms with E-state index in [1.165, 1.54) is 250 Å². The summed E-state index contributed by atoms with van der Waals surface area (Å²) < 4.78 is 5.49. The number of aliphatic hydroxyl groups excluding tert-OH is 2. The lowest BCUT2D eigenvalue weighted by molar-refractivity contribution is -0.143. The highest BCUT2D eigenvalue weighted by molar-refractivity contribution is 5.76. The standard InChI is InChI=1S/C61H117NO5/c1-3-5-7-9-11-13-15-16-17-18-21-25-28-31-35-39-43-47-51-55-61(66)67-56-52-48-44-40-36-32-29-26-23-20-19-22-24-27-30-34-38-42-46-50-54-60(65)62-58(57-63)59(64)53-49-45-41-37-33-14-12-10-8-6-4-2/h16-17,19,22,58-59,63-64H,3-15,18,20-21,23-57H2,1-2H3,(H,62,65)/b17-16-,22-19-. The van der Waals surface area contributed by atoms with Crippen LogP contribution in [-0.4, -0.2) is 47.4 Å². The van der Waals surface area contributed by atoms with Crippen LogP contribution in [0.5, 0.6) is 0 Å². The first-order valence-corrected chi connectivity index (χ1v) is 30.1. The second kappa shape index (κ2) is 56.9. The molecule has 67 heavy (non-hydrogen) atoms. The molecule has 0 aliphatic carbocycles. The van der Waals surface area contributed by atoms with Crippen LogP contribution < -0.4 is 5.32 Å². The Morgan fingerprint density at radius 2 is 0.701 bits per heavy atom. The summed E-state index contributed by atoms with van der Waals surface area (Å²) in [6.45, 7) is 4.94. The van der Waals surface area contributed by atoms with E-state index in [1.807, 2.05) is 0 Å². The third kappa shape index (κ3) is 53.5. The van der Waals surface area contributed by atoms with E-state index in [0.29, 0.717) is 25.9 Å². The van der Waals surface area contributed by atoms with E-state index in [-0.39, 0.29) is 18.5 Å². The van der Waals surface area contributed by atoms with Crippen molar-refractivity contribution in [1.29, 1.82) is 0 Å². The Morgan fingerprint density at radius 1 is 0.403 bits per heavy atom. The molecule has 0 bridgehead atoms. The Hall–Kier alpha value is -1.66. The van der Waals surface area contributed by atoms with Gasteiger partial charge < -0.3 is 20.3 Å². The van der Waals surface area contributed by atoms with Gasteiger partial charge in [-0.15, -0.1) is 0 Å². The smallest absolute Gasteiger partial charge is 0.305 e. The van der Waals surface area contributed by atoms with Gasteiger partial charge in [0.15, 0.2) is 0 Å². The van der Waals surface area contributed by atoms with Crippen molar-refractivity contribution in [2.45, 2.75) is 341 Å². The monoisotopic (exact) mass is 944 g/mol. The Kier molecular flexibility index (Phi) is 55.5. The fraction of sp³-hybridized carbons (Fsp3) is 0.902. The number of unbranched alkanes of at least 4 members (excludes halogenated alkanes) is 41. The summed E-state index contributed by atoms with van der Waals surface area (Å²) >= 11 is 0. The predicted octanol–water partition coefficient (Wildman–Crippen LogP) is 18.6. The molecule has 6 heteroatoms. The van der Waals surface area contributed by atoms with E-state index < -0.39 is 12.1 Å². The van der Waals surface area contributed by atoms with Crippen molar-refractivity contribution in [1.82, 2.24) is 5.32 Å². The average Bonchev–Trinajstić information content (AvgIpc) is 3.33. The number of nitrogens with one attached hydrogen (secondary N) is 1. The molecular weight excluding hydrogens is 827 g/mol. The summed E-state index contributed by atoms with van der Waals surface area (Å²) in [7, 11) is 0. The van der Waals surface area contributed by atoms with E-state index in [2.05, 4.69) is 43.5 Å². The first-order chi connectivity index (χ1) is 33.0. The first kappa shape index (κ1) is 65.3. The van der Waals surface area contributed by atoms with Gasteiger partial charge in [-0.2, -0.15) is 0 Å². The van der Waals surface area contributed by atoms with Crippen LogP contribution in [0, 0.1) is 0 Å². The third-order valence-corrected chi connectivity index (χ3v) is 14.0. The van der Waals surface area contributed by atoms with E-state index >= 15 is 0 Å². The molecule has 0 heterocycles. The number of esters is 1. The summed E-state index contributed by atoms with van der Waals surface area (Å²) in [6.07, 6.45) is 69.0. The molecule has 0 radical (unpaired) electrons. The molecule has 0 aromatic carbocycles. The van der Waals surface area contributed by atoms with E-state index in [9.17, 15) is 19.8 Å². The number of rotatable bonds is 56. The Morgan fingerprint density at radius 3 is 1.06 bits per heavy atom. The molecule has 2 unspecified atom stereocenters. The molecule has 0 aliphatic rings. The molecule has 0 aromatic rings. The molecule has 6 nitrogen and oxygen atoms in total. The molecule has 396 valence electrons. The molecule has 0 fully saturated rings. The van der Waals surface area contributed by atoms with Crippen molar-refractivity contribution in [3.8, 4) is 0 Å². The van der Waals surface area contributed by atoms with E-state index in [0.717, 1.165) is 44.9 Å². The number of amides is 1. The summed E-state index contributed by atoms with van der Waals surface area (Å²) in [4.78, 5) is 24.5. The van der Waals surface area contributed by atoms with Gasteiger partial charge in [0.25, 0.3) is 0 Å². The number of ether oxygens (including phenoxy) is 1. The minimum atomic E-state index is -0.668. The van der Waals surface area contributed by atoms with Gasteiger partial charge in [0.05, 0.1) is 25.4 Å².